The highest BCUT2D eigenvalue weighted by Gasteiger charge is 2.04. The summed E-state index contributed by atoms with van der Waals surface area (Å²) in [6.07, 6.45) is 2.87. The van der Waals surface area contributed by atoms with E-state index in [4.69, 9.17) is 11.6 Å². The zero-order valence-corrected chi connectivity index (χ0v) is 8.78. The summed E-state index contributed by atoms with van der Waals surface area (Å²) in [5.41, 5.74) is 0.818. The molecule has 2 aromatic heterocycles. The van der Waals surface area contributed by atoms with Gasteiger partial charge in [-0.05, 0) is 6.92 Å². The lowest BCUT2D eigenvalue weighted by Gasteiger charge is -2.06. The highest BCUT2D eigenvalue weighted by Crippen LogP contribution is 2.17. The molecule has 0 atom stereocenters. The van der Waals surface area contributed by atoms with Gasteiger partial charge in [0.05, 0.1) is 6.54 Å². The molecular formula is C8H9ClN6. The normalized spacial score (nSPS) is 10.3. The quantitative estimate of drug-likeness (QED) is 0.765. The summed E-state index contributed by atoms with van der Waals surface area (Å²) < 4.78 is 0. The molecular weight excluding hydrogens is 216 g/mol. The van der Waals surface area contributed by atoms with E-state index < -0.39 is 0 Å². The van der Waals surface area contributed by atoms with Crippen LogP contribution in [0.25, 0.3) is 0 Å². The standard InChI is InChI=1S/C8H9ClN6/c1-5-7(9)12-3-13-8(5)10-2-6-11-4-14-15-6/h3-4H,2H2,1H3,(H,10,12,13)(H,11,14,15). The summed E-state index contributed by atoms with van der Waals surface area (Å²) in [7, 11) is 0. The van der Waals surface area contributed by atoms with Crippen LogP contribution in [0.15, 0.2) is 12.7 Å². The van der Waals surface area contributed by atoms with Gasteiger partial charge in [0.2, 0.25) is 0 Å². The average Bonchev–Trinajstić information content (AvgIpc) is 2.73. The predicted molar refractivity (Wildman–Crippen MR) is 55.5 cm³/mol. The first-order valence-corrected chi connectivity index (χ1v) is 4.70. The molecule has 0 fully saturated rings. The highest BCUT2D eigenvalue weighted by atomic mass is 35.5. The van der Waals surface area contributed by atoms with Crippen molar-refractivity contribution in [2.75, 3.05) is 5.32 Å². The maximum Gasteiger partial charge on any atom is 0.143 e. The van der Waals surface area contributed by atoms with Gasteiger partial charge in [0.25, 0.3) is 0 Å². The molecule has 2 N–H and O–H groups in total. The second kappa shape index (κ2) is 4.22. The fourth-order valence-corrected chi connectivity index (χ4v) is 1.22. The maximum absolute atomic E-state index is 5.85. The van der Waals surface area contributed by atoms with Gasteiger partial charge in [0.1, 0.15) is 29.5 Å². The van der Waals surface area contributed by atoms with Crippen molar-refractivity contribution in [2.45, 2.75) is 13.5 Å². The Labute approximate surface area is 91.1 Å². The van der Waals surface area contributed by atoms with Crippen molar-refractivity contribution in [3.63, 3.8) is 0 Å². The lowest BCUT2D eigenvalue weighted by atomic mass is 10.3. The molecule has 0 saturated heterocycles. The minimum atomic E-state index is 0.449. The van der Waals surface area contributed by atoms with Crippen molar-refractivity contribution in [2.24, 2.45) is 0 Å². The Morgan fingerprint density at radius 3 is 2.93 bits per heavy atom. The third-order valence-corrected chi connectivity index (χ3v) is 2.29. The monoisotopic (exact) mass is 224 g/mol. The van der Waals surface area contributed by atoms with Crippen LogP contribution in [-0.2, 0) is 6.54 Å². The molecule has 0 aliphatic rings. The zero-order chi connectivity index (χ0) is 10.7. The van der Waals surface area contributed by atoms with Crippen LogP contribution < -0.4 is 5.32 Å². The summed E-state index contributed by atoms with van der Waals surface area (Å²) in [4.78, 5) is 11.9. The Hall–Kier alpha value is -1.69. The molecule has 0 amide bonds. The molecule has 7 heteroatoms. The second-order valence-corrected chi connectivity index (χ2v) is 3.28. The number of hydrogen-bond donors (Lipinski definition) is 2. The number of aromatic amines is 1. The third kappa shape index (κ3) is 2.21. The number of aromatic nitrogens is 5. The van der Waals surface area contributed by atoms with Crippen molar-refractivity contribution >= 4 is 17.4 Å². The molecule has 0 bridgehead atoms. The Morgan fingerprint density at radius 1 is 1.33 bits per heavy atom. The van der Waals surface area contributed by atoms with Crippen LogP contribution in [0.3, 0.4) is 0 Å². The first-order chi connectivity index (χ1) is 7.27. The molecule has 0 spiro atoms. The molecule has 0 saturated carbocycles. The molecule has 0 aliphatic heterocycles. The Bertz CT molecular complexity index is 440. The van der Waals surface area contributed by atoms with E-state index in [2.05, 4.69) is 30.5 Å². The lowest BCUT2D eigenvalue weighted by molar-refractivity contribution is 0.941. The number of nitrogens with zero attached hydrogens (tertiary/aromatic N) is 4. The molecule has 2 rings (SSSR count). The van der Waals surface area contributed by atoms with Gasteiger partial charge in [0.15, 0.2) is 0 Å². The first-order valence-electron chi connectivity index (χ1n) is 4.32. The van der Waals surface area contributed by atoms with E-state index >= 15 is 0 Å². The van der Waals surface area contributed by atoms with Crippen molar-refractivity contribution in [3.05, 3.63) is 29.2 Å². The molecule has 0 radical (unpaired) electrons. The summed E-state index contributed by atoms with van der Waals surface area (Å²) in [6.45, 7) is 2.37. The van der Waals surface area contributed by atoms with Crippen molar-refractivity contribution in [3.8, 4) is 0 Å². The molecule has 0 aromatic carbocycles. The van der Waals surface area contributed by atoms with Gasteiger partial charge in [-0.25, -0.2) is 15.0 Å². The van der Waals surface area contributed by atoms with E-state index in [0.29, 0.717) is 17.5 Å². The molecule has 0 aliphatic carbocycles. The fraction of sp³-hybridized carbons (Fsp3) is 0.250. The Balaban J connectivity index is 2.08. The smallest absolute Gasteiger partial charge is 0.143 e. The maximum atomic E-state index is 5.85. The topological polar surface area (TPSA) is 79.4 Å². The molecule has 2 aromatic rings. The van der Waals surface area contributed by atoms with Gasteiger partial charge < -0.3 is 5.32 Å². The Kier molecular flexibility index (Phi) is 2.77. The predicted octanol–water partition coefficient (Wildman–Crippen LogP) is 1.17. The largest absolute Gasteiger partial charge is 0.362 e. The summed E-state index contributed by atoms with van der Waals surface area (Å²) in [5.74, 6) is 1.44. The third-order valence-electron chi connectivity index (χ3n) is 1.91. The van der Waals surface area contributed by atoms with Crippen LogP contribution >= 0.6 is 11.6 Å². The molecule has 15 heavy (non-hydrogen) atoms. The van der Waals surface area contributed by atoms with Crippen LogP contribution in [0.2, 0.25) is 5.15 Å². The number of halogens is 1. The van der Waals surface area contributed by atoms with Crippen LogP contribution in [0, 0.1) is 6.92 Å². The number of H-pyrrole nitrogens is 1. The van der Waals surface area contributed by atoms with Crippen molar-refractivity contribution < 1.29 is 0 Å². The minimum Gasteiger partial charge on any atom is -0.362 e. The summed E-state index contributed by atoms with van der Waals surface area (Å²) in [5, 5.41) is 10.0. The van der Waals surface area contributed by atoms with E-state index in [1.54, 1.807) is 0 Å². The second-order valence-electron chi connectivity index (χ2n) is 2.92. The fourth-order valence-electron chi connectivity index (χ4n) is 1.09. The van der Waals surface area contributed by atoms with Gasteiger partial charge in [-0.1, -0.05) is 11.6 Å². The first kappa shape index (κ1) is 9.85. The van der Waals surface area contributed by atoms with Gasteiger partial charge in [-0.2, -0.15) is 5.10 Å². The van der Waals surface area contributed by atoms with Gasteiger partial charge in [0, 0.05) is 5.56 Å². The van der Waals surface area contributed by atoms with Crippen LogP contribution in [0.4, 0.5) is 5.82 Å². The molecule has 78 valence electrons. The van der Waals surface area contributed by atoms with Crippen LogP contribution in [0.5, 0.6) is 0 Å². The zero-order valence-electron chi connectivity index (χ0n) is 8.03. The van der Waals surface area contributed by atoms with Gasteiger partial charge >= 0.3 is 0 Å². The van der Waals surface area contributed by atoms with Crippen molar-refractivity contribution in [1.82, 2.24) is 25.1 Å². The Morgan fingerprint density at radius 2 is 2.20 bits per heavy atom. The SMILES string of the molecule is Cc1c(Cl)ncnc1NCc1ncn[nH]1. The van der Waals surface area contributed by atoms with E-state index in [-0.39, 0.29) is 0 Å². The number of hydrogen-bond acceptors (Lipinski definition) is 5. The molecule has 2 heterocycles. The van der Waals surface area contributed by atoms with Crippen molar-refractivity contribution in [1.29, 1.82) is 0 Å². The number of nitrogens with one attached hydrogen (secondary N) is 2. The summed E-state index contributed by atoms with van der Waals surface area (Å²) in [6, 6.07) is 0. The minimum absolute atomic E-state index is 0.449. The van der Waals surface area contributed by atoms with Gasteiger partial charge in [-0.3, -0.25) is 5.10 Å². The van der Waals surface area contributed by atoms with E-state index in [9.17, 15) is 0 Å². The average molecular weight is 225 g/mol. The highest BCUT2D eigenvalue weighted by molar-refractivity contribution is 6.30. The lowest BCUT2D eigenvalue weighted by Crippen LogP contribution is -2.05. The summed E-state index contributed by atoms with van der Waals surface area (Å²) >= 11 is 5.85. The van der Waals surface area contributed by atoms with E-state index in [1.165, 1.54) is 12.7 Å². The van der Waals surface area contributed by atoms with Crippen LogP contribution in [-0.4, -0.2) is 25.1 Å². The number of rotatable bonds is 3. The molecule has 0 unspecified atom stereocenters. The number of anilines is 1. The van der Waals surface area contributed by atoms with E-state index in [1.807, 2.05) is 6.92 Å². The van der Waals surface area contributed by atoms with Gasteiger partial charge in [-0.15, -0.1) is 0 Å². The van der Waals surface area contributed by atoms with E-state index in [0.717, 1.165) is 11.4 Å². The van der Waals surface area contributed by atoms with Crippen LogP contribution in [0.1, 0.15) is 11.4 Å². The molecule has 6 nitrogen and oxygen atoms in total.